The van der Waals surface area contributed by atoms with Crippen LogP contribution in [0.3, 0.4) is 0 Å². The van der Waals surface area contributed by atoms with E-state index in [1.54, 1.807) is 11.3 Å². The van der Waals surface area contributed by atoms with Crippen LogP contribution in [-0.2, 0) is 11.3 Å². The summed E-state index contributed by atoms with van der Waals surface area (Å²) in [5, 5.41) is 14.8. The first-order valence-electron chi connectivity index (χ1n) is 9.93. The van der Waals surface area contributed by atoms with Crippen LogP contribution in [0.1, 0.15) is 5.01 Å². The number of aromatic nitrogens is 1. The molecule has 1 saturated heterocycles. The zero-order chi connectivity index (χ0) is 21.8. The van der Waals surface area contributed by atoms with Crippen LogP contribution in [0.5, 0.6) is 5.75 Å². The molecule has 1 amide bonds. The number of non-ortho nitro benzene ring substituents is 1. The Morgan fingerprint density at radius 2 is 1.94 bits per heavy atom. The topological polar surface area (TPSA) is 101 Å². The number of nitro groups is 1. The molecule has 10 heteroatoms. The summed E-state index contributed by atoms with van der Waals surface area (Å²) in [6.07, 6.45) is 0. The molecule has 0 saturated carbocycles. The number of methoxy groups -OCH3 is 1. The Morgan fingerprint density at radius 1 is 1.19 bits per heavy atom. The smallest absolute Gasteiger partial charge is 0.273 e. The number of benzene rings is 2. The minimum Gasteiger partial charge on any atom is -0.494 e. The van der Waals surface area contributed by atoms with Crippen molar-refractivity contribution in [3.63, 3.8) is 0 Å². The van der Waals surface area contributed by atoms with Gasteiger partial charge in [0.15, 0.2) is 0 Å². The largest absolute Gasteiger partial charge is 0.494 e. The second kappa shape index (κ2) is 9.38. The molecule has 0 unspecified atom stereocenters. The Hall–Kier alpha value is -3.08. The fraction of sp³-hybridized carbons (Fsp3) is 0.333. The lowest BCUT2D eigenvalue weighted by Gasteiger charge is -2.33. The molecular weight excluding hydrogens is 418 g/mol. The highest BCUT2D eigenvalue weighted by Gasteiger charge is 2.21. The molecule has 2 aromatic carbocycles. The van der Waals surface area contributed by atoms with Crippen molar-refractivity contribution in [3.8, 4) is 5.75 Å². The fourth-order valence-corrected chi connectivity index (χ4v) is 4.58. The first-order chi connectivity index (χ1) is 15.0. The maximum absolute atomic E-state index is 12.5. The molecule has 1 fully saturated rings. The molecule has 1 aliphatic rings. The van der Waals surface area contributed by atoms with Gasteiger partial charge in [-0.25, -0.2) is 4.98 Å². The van der Waals surface area contributed by atoms with E-state index in [0.717, 1.165) is 43.2 Å². The molecule has 1 aromatic heterocycles. The standard InChI is InChI=1S/C21H23N5O4S/c1-30-18-12-15(26(28)29)6-7-16(18)22-20(27)13-24-8-10-25(11-9-24)14-21-23-17-4-2-3-5-19(17)31-21/h2-7,12H,8-11,13-14H2,1H3,(H,22,27). The highest BCUT2D eigenvalue weighted by Crippen LogP contribution is 2.29. The van der Waals surface area contributed by atoms with Crippen molar-refractivity contribution in [2.24, 2.45) is 0 Å². The third kappa shape index (κ3) is 5.16. The molecule has 0 bridgehead atoms. The van der Waals surface area contributed by atoms with Gasteiger partial charge in [0.25, 0.3) is 5.69 Å². The lowest BCUT2D eigenvalue weighted by Crippen LogP contribution is -2.48. The monoisotopic (exact) mass is 441 g/mol. The lowest BCUT2D eigenvalue weighted by atomic mass is 10.2. The van der Waals surface area contributed by atoms with Crippen molar-refractivity contribution in [1.29, 1.82) is 0 Å². The number of piperazine rings is 1. The normalized spacial score (nSPS) is 15.1. The predicted molar refractivity (Wildman–Crippen MR) is 120 cm³/mol. The van der Waals surface area contributed by atoms with Gasteiger partial charge in [0.2, 0.25) is 5.91 Å². The molecule has 0 radical (unpaired) electrons. The van der Waals surface area contributed by atoms with E-state index >= 15 is 0 Å². The SMILES string of the molecule is COc1cc([N+](=O)[O-])ccc1NC(=O)CN1CCN(Cc2nc3ccccc3s2)CC1. The Balaban J connectivity index is 1.27. The van der Waals surface area contributed by atoms with Crippen molar-refractivity contribution in [1.82, 2.24) is 14.8 Å². The average Bonchev–Trinajstić information content (AvgIpc) is 3.17. The number of rotatable bonds is 7. The van der Waals surface area contributed by atoms with E-state index in [4.69, 9.17) is 9.72 Å². The van der Waals surface area contributed by atoms with Crippen LogP contribution in [0.2, 0.25) is 0 Å². The summed E-state index contributed by atoms with van der Waals surface area (Å²) < 4.78 is 6.38. The number of carbonyl (C=O) groups is 1. The van der Waals surface area contributed by atoms with E-state index < -0.39 is 4.92 Å². The highest BCUT2D eigenvalue weighted by atomic mass is 32.1. The van der Waals surface area contributed by atoms with Crippen LogP contribution in [0.15, 0.2) is 42.5 Å². The summed E-state index contributed by atoms with van der Waals surface area (Å²) in [4.78, 5) is 32.0. The van der Waals surface area contributed by atoms with Crippen molar-refractivity contribution in [3.05, 3.63) is 57.6 Å². The quantitative estimate of drug-likeness (QED) is 0.444. The summed E-state index contributed by atoms with van der Waals surface area (Å²) >= 11 is 1.73. The molecule has 1 aliphatic heterocycles. The van der Waals surface area contributed by atoms with Gasteiger partial charge in [-0.3, -0.25) is 24.7 Å². The van der Waals surface area contributed by atoms with Crippen LogP contribution in [0.25, 0.3) is 10.2 Å². The summed E-state index contributed by atoms with van der Waals surface area (Å²) in [6, 6.07) is 12.3. The van der Waals surface area contributed by atoms with E-state index in [-0.39, 0.29) is 23.9 Å². The number of fused-ring (bicyclic) bond motifs is 1. The van der Waals surface area contributed by atoms with Crippen molar-refractivity contribution >= 4 is 38.8 Å². The van der Waals surface area contributed by atoms with Crippen molar-refractivity contribution < 1.29 is 14.5 Å². The first-order valence-corrected chi connectivity index (χ1v) is 10.7. The molecule has 31 heavy (non-hydrogen) atoms. The van der Waals surface area contributed by atoms with Gasteiger partial charge in [0.05, 0.1) is 47.1 Å². The summed E-state index contributed by atoms with van der Waals surface area (Å²) in [6.45, 7) is 4.38. The molecule has 9 nitrogen and oxygen atoms in total. The van der Waals surface area contributed by atoms with Gasteiger partial charge in [-0.1, -0.05) is 12.1 Å². The van der Waals surface area contributed by atoms with Gasteiger partial charge in [-0.05, 0) is 18.2 Å². The molecule has 2 heterocycles. The molecule has 1 N–H and O–H groups in total. The number of nitrogens with one attached hydrogen (secondary N) is 1. The van der Waals surface area contributed by atoms with Crippen LogP contribution < -0.4 is 10.1 Å². The minimum absolute atomic E-state index is 0.0842. The number of anilines is 1. The number of amides is 1. The van der Waals surface area contributed by atoms with Gasteiger partial charge in [-0.15, -0.1) is 11.3 Å². The Labute approximate surface area is 183 Å². The number of para-hydroxylation sites is 1. The van der Waals surface area contributed by atoms with E-state index in [1.165, 1.54) is 30.0 Å². The number of ether oxygens (including phenoxy) is 1. The molecule has 0 aliphatic carbocycles. The summed E-state index contributed by atoms with van der Waals surface area (Å²) in [5.41, 5.74) is 1.38. The third-order valence-electron chi connectivity index (χ3n) is 5.20. The van der Waals surface area contributed by atoms with E-state index in [9.17, 15) is 14.9 Å². The number of nitrogens with zero attached hydrogens (tertiary/aromatic N) is 4. The van der Waals surface area contributed by atoms with Crippen LogP contribution in [0, 0.1) is 10.1 Å². The third-order valence-corrected chi connectivity index (χ3v) is 6.22. The zero-order valence-corrected chi connectivity index (χ0v) is 17.9. The summed E-state index contributed by atoms with van der Waals surface area (Å²) in [7, 11) is 1.42. The Kier molecular flexibility index (Phi) is 6.40. The number of carbonyl (C=O) groups excluding carboxylic acids is 1. The van der Waals surface area contributed by atoms with Crippen molar-refractivity contribution in [2.45, 2.75) is 6.54 Å². The van der Waals surface area contributed by atoms with Gasteiger partial charge in [0.1, 0.15) is 10.8 Å². The van der Waals surface area contributed by atoms with Crippen molar-refractivity contribution in [2.75, 3.05) is 45.2 Å². The molecule has 3 aromatic rings. The second-order valence-corrected chi connectivity index (χ2v) is 8.43. The molecule has 162 valence electrons. The van der Waals surface area contributed by atoms with E-state index in [0.29, 0.717) is 5.69 Å². The van der Waals surface area contributed by atoms with Gasteiger partial charge in [-0.2, -0.15) is 0 Å². The number of thiazole rings is 1. The lowest BCUT2D eigenvalue weighted by molar-refractivity contribution is -0.384. The number of hydrogen-bond donors (Lipinski definition) is 1. The van der Waals surface area contributed by atoms with Crippen LogP contribution in [0.4, 0.5) is 11.4 Å². The van der Waals surface area contributed by atoms with E-state index in [2.05, 4.69) is 21.2 Å². The fourth-order valence-electron chi connectivity index (χ4n) is 3.57. The first kappa shape index (κ1) is 21.2. The summed E-state index contributed by atoms with van der Waals surface area (Å²) in [5.74, 6) is 0.0926. The number of hydrogen-bond acceptors (Lipinski definition) is 8. The maximum atomic E-state index is 12.5. The van der Waals surface area contributed by atoms with Crippen LogP contribution in [-0.4, -0.2) is 65.4 Å². The molecule has 0 spiro atoms. The van der Waals surface area contributed by atoms with Crippen LogP contribution >= 0.6 is 11.3 Å². The highest BCUT2D eigenvalue weighted by molar-refractivity contribution is 7.18. The molecule has 0 atom stereocenters. The molecular formula is C21H23N5O4S. The number of nitro benzene ring substituents is 1. The zero-order valence-electron chi connectivity index (χ0n) is 17.1. The predicted octanol–water partition coefficient (Wildman–Crippen LogP) is 2.97. The average molecular weight is 442 g/mol. The maximum Gasteiger partial charge on any atom is 0.273 e. The minimum atomic E-state index is -0.498. The van der Waals surface area contributed by atoms with Gasteiger partial charge < -0.3 is 10.1 Å². The van der Waals surface area contributed by atoms with E-state index in [1.807, 2.05) is 18.2 Å². The second-order valence-electron chi connectivity index (χ2n) is 7.32. The van der Waals surface area contributed by atoms with Gasteiger partial charge in [0, 0.05) is 32.2 Å². The Morgan fingerprint density at radius 3 is 2.65 bits per heavy atom. The van der Waals surface area contributed by atoms with Gasteiger partial charge >= 0.3 is 0 Å². The Bertz CT molecular complexity index is 1060. The molecule has 4 rings (SSSR count).